The Kier molecular flexibility index (Phi) is 5.39. The highest BCUT2D eigenvalue weighted by molar-refractivity contribution is 9.10. The Bertz CT molecular complexity index is 537. The molecule has 1 fully saturated rings. The van der Waals surface area contributed by atoms with Crippen LogP contribution in [0.2, 0.25) is 0 Å². The van der Waals surface area contributed by atoms with Crippen LogP contribution in [0.4, 0.5) is 0 Å². The molecule has 1 N–H and O–H groups in total. The molecule has 1 saturated heterocycles. The minimum absolute atomic E-state index is 0.0575. The number of nitrogens with one attached hydrogen (secondary N) is 1. The second-order valence-corrected chi connectivity index (χ2v) is 6.33. The average Bonchev–Trinajstić information content (AvgIpc) is 2.47. The normalized spacial score (nSPS) is 15.9. The molecule has 21 heavy (non-hydrogen) atoms. The van der Waals surface area contributed by atoms with E-state index in [1.165, 1.54) is 0 Å². The van der Waals surface area contributed by atoms with Crippen molar-refractivity contribution < 1.29 is 9.59 Å². The number of amides is 2. The summed E-state index contributed by atoms with van der Waals surface area (Å²) in [4.78, 5) is 25.8. The van der Waals surface area contributed by atoms with Crippen molar-refractivity contribution in [3.8, 4) is 0 Å². The van der Waals surface area contributed by atoms with Gasteiger partial charge in [0.25, 0.3) is 5.91 Å². The van der Waals surface area contributed by atoms with Gasteiger partial charge in [-0.3, -0.25) is 9.59 Å². The summed E-state index contributed by atoms with van der Waals surface area (Å²) >= 11 is 3.46. The van der Waals surface area contributed by atoms with Crippen molar-refractivity contribution in [2.24, 2.45) is 0 Å². The Morgan fingerprint density at radius 1 is 1.33 bits per heavy atom. The predicted octanol–water partition coefficient (Wildman–Crippen LogP) is 2.89. The molecule has 2 amide bonds. The first kappa shape index (κ1) is 16.0. The molecule has 4 nitrogen and oxygen atoms in total. The summed E-state index contributed by atoms with van der Waals surface area (Å²) in [7, 11) is 0. The zero-order valence-corrected chi connectivity index (χ0v) is 14.1. The molecule has 1 heterocycles. The number of nitrogens with zero attached hydrogens (tertiary/aromatic N) is 1. The van der Waals surface area contributed by atoms with E-state index in [9.17, 15) is 9.59 Å². The van der Waals surface area contributed by atoms with Gasteiger partial charge in [0.2, 0.25) is 5.91 Å². The molecular weight excluding hydrogens is 332 g/mol. The Hall–Kier alpha value is -1.36. The molecule has 0 radical (unpaired) electrons. The average molecular weight is 353 g/mol. The Balaban J connectivity index is 1.95. The maximum absolute atomic E-state index is 12.5. The Morgan fingerprint density at radius 2 is 2.00 bits per heavy atom. The van der Waals surface area contributed by atoms with Crippen molar-refractivity contribution in [2.75, 3.05) is 13.1 Å². The fraction of sp³-hybridized carbons (Fsp3) is 0.500. The minimum Gasteiger partial charge on any atom is -0.353 e. The number of aryl methyl sites for hydroxylation is 1. The van der Waals surface area contributed by atoms with Gasteiger partial charge in [0.15, 0.2) is 0 Å². The van der Waals surface area contributed by atoms with E-state index >= 15 is 0 Å². The maximum atomic E-state index is 12.5. The van der Waals surface area contributed by atoms with E-state index in [4.69, 9.17) is 0 Å². The second kappa shape index (κ2) is 7.07. The smallest absolute Gasteiger partial charge is 0.254 e. The van der Waals surface area contributed by atoms with Gasteiger partial charge in [0, 0.05) is 30.0 Å². The van der Waals surface area contributed by atoms with Gasteiger partial charge < -0.3 is 10.2 Å². The maximum Gasteiger partial charge on any atom is 0.254 e. The number of carbonyl (C=O) groups excluding carboxylic acids is 2. The zero-order valence-electron chi connectivity index (χ0n) is 12.5. The van der Waals surface area contributed by atoms with Gasteiger partial charge in [0.05, 0.1) is 5.56 Å². The molecule has 114 valence electrons. The van der Waals surface area contributed by atoms with Gasteiger partial charge >= 0.3 is 0 Å². The lowest BCUT2D eigenvalue weighted by Crippen LogP contribution is -2.46. The quantitative estimate of drug-likeness (QED) is 0.909. The van der Waals surface area contributed by atoms with Crippen molar-refractivity contribution in [3.05, 3.63) is 33.8 Å². The summed E-state index contributed by atoms with van der Waals surface area (Å²) in [6, 6.07) is 5.98. The van der Waals surface area contributed by atoms with Crippen LogP contribution >= 0.6 is 15.9 Å². The SMILES string of the molecule is CCC(=O)NC1CCN(C(=O)c2ccc(C)cc2Br)CC1. The molecule has 1 aliphatic rings. The highest BCUT2D eigenvalue weighted by Crippen LogP contribution is 2.22. The first-order valence-corrected chi connectivity index (χ1v) is 8.15. The van der Waals surface area contributed by atoms with Crippen LogP contribution in [0.1, 0.15) is 42.1 Å². The van der Waals surface area contributed by atoms with Crippen molar-refractivity contribution in [1.29, 1.82) is 0 Å². The predicted molar refractivity (Wildman–Crippen MR) is 86.2 cm³/mol. The van der Waals surface area contributed by atoms with E-state index in [1.807, 2.05) is 36.9 Å². The molecule has 0 atom stereocenters. The monoisotopic (exact) mass is 352 g/mol. The number of likely N-dealkylation sites (tertiary alicyclic amines) is 1. The van der Waals surface area contributed by atoms with Gasteiger partial charge in [-0.2, -0.15) is 0 Å². The zero-order chi connectivity index (χ0) is 15.4. The molecular formula is C16H21BrN2O2. The number of piperidine rings is 1. The van der Waals surface area contributed by atoms with E-state index in [-0.39, 0.29) is 17.9 Å². The molecule has 1 aromatic rings. The van der Waals surface area contributed by atoms with Gasteiger partial charge in [-0.1, -0.05) is 13.0 Å². The molecule has 0 unspecified atom stereocenters. The molecule has 1 aromatic carbocycles. The first-order valence-electron chi connectivity index (χ1n) is 7.36. The van der Waals surface area contributed by atoms with E-state index in [1.54, 1.807) is 0 Å². The summed E-state index contributed by atoms with van der Waals surface area (Å²) in [5.74, 6) is 0.142. The number of rotatable bonds is 3. The third-order valence-corrected chi connectivity index (χ3v) is 4.48. The van der Waals surface area contributed by atoms with Crippen LogP contribution in [0, 0.1) is 6.92 Å². The summed E-state index contributed by atoms with van der Waals surface area (Å²) in [5.41, 5.74) is 1.83. The van der Waals surface area contributed by atoms with E-state index in [0.717, 1.165) is 22.9 Å². The third kappa shape index (κ3) is 4.06. The van der Waals surface area contributed by atoms with Gasteiger partial charge in [-0.25, -0.2) is 0 Å². The van der Waals surface area contributed by atoms with Crippen molar-refractivity contribution in [3.63, 3.8) is 0 Å². The molecule has 5 heteroatoms. The summed E-state index contributed by atoms with van der Waals surface area (Å²) in [5, 5.41) is 3.00. The lowest BCUT2D eigenvalue weighted by atomic mass is 10.0. The Morgan fingerprint density at radius 3 is 2.57 bits per heavy atom. The molecule has 0 aliphatic carbocycles. The van der Waals surface area contributed by atoms with Crippen LogP contribution in [0.5, 0.6) is 0 Å². The lowest BCUT2D eigenvalue weighted by molar-refractivity contribution is -0.121. The highest BCUT2D eigenvalue weighted by Gasteiger charge is 2.25. The summed E-state index contributed by atoms with van der Waals surface area (Å²) in [6.45, 7) is 5.23. The van der Waals surface area contributed by atoms with Crippen molar-refractivity contribution in [1.82, 2.24) is 10.2 Å². The van der Waals surface area contributed by atoms with Gasteiger partial charge in [-0.15, -0.1) is 0 Å². The molecule has 0 aromatic heterocycles. The Labute approximate surface area is 134 Å². The highest BCUT2D eigenvalue weighted by atomic mass is 79.9. The van der Waals surface area contributed by atoms with Gasteiger partial charge in [-0.05, 0) is 53.4 Å². The molecule has 2 rings (SSSR count). The van der Waals surface area contributed by atoms with E-state index < -0.39 is 0 Å². The lowest BCUT2D eigenvalue weighted by Gasteiger charge is -2.32. The fourth-order valence-electron chi connectivity index (χ4n) is 2.52. The van der Waals surface area contributed by atoms with Crippen LogP contribution in [-0.4, -0.2) is 35.8 Å². The number of halogens is 1. The number of hydrogen-bond donors (Lipinski definition) is 1. The first-order chi connectivity index (χ1) is 10.0. The molecule has 1 aliphatic heterocycles. The van der Waals surface area contributed by atoms with Crippen molar-refractivity contribution >= 4 is 27.7 Å². The number of carbonyl (C=O) groups is 2. The third-order valence-electron chi connectivity index (χ3n) is 3.82. The number of hydrogen-bond acceptors (Lipinski definition) is 2. The molecule has 0 saturated carbocycles. The van der Waals surface area contributed by atoms with Crippen LogP contribution in [0.15, 0.2) is 22.7 Å². The minimum atomic E-state index is 0.0575. The van der Waals surface area contributed by atoms with Crippen LogP contribution in [0.3, 0.4) is 0 Å². The summed E-state index contributed by atoms with van der Waals surface area (Å²) < 4.78 is 0.842. The van der Waals surface area contributed by atoms with Crippen LogP contribution < -0.4 is 5.32 Å². The van der Waals surface area contributed by atoms with Gasteiger partial charge in [0.1, 0.15) is 0 Å². The number of benzene rings is 1. The van der Waals surface area contributed by atoms with E-state index in [2.05, 4.69) is 21.2 Å². The second-order valence-electron chi connectivity index (χ2n) is 5.47. The fourth-order valence-corrected chi connectivity index (χ4v) is 3.18. The van der Waals surface area contributed by atoms with Crippen LogP contribution in [0.25, 0.3) is 0 Å². The topological polar surface area (TPSA) is 49.4 Å². The largest absolute Gasteiger partial charge is 0.353 e. The molecule has 0 bridgehead atoms. The van der Waals surface area contributed by atoms with E-state index in [0.29, 0.717) is 25.1 Å². The summed E-state index contributed by atoms with van der Waals surface area (Å²) in [6.07, 6.45) is 2.15. The molecule has 0 spiro atoms. The standard InChI is InChI=1S/C16H21BrN2O2/c1-3-15(20)18-12-6-8-19(9-7-12)16(21)13-5-4-11(2)10-14(13)17/h4-5,10,12H,3,6-9H2,1-2H3,(H,18,20). The van der Waals surface area contributed by atoms with Crippen LogP contribution in [-0.2, 0) is 4.79 Å². The van der Waals surface area contributed by atoms with Crippen molar-refractivity contribution in [2.45, 2.75) is 39.2 Å².